The highest BCUT2D eigenvalue weighted by molar-refractivity contribution is 6.32. The lowest BCUT2D eigenvalue weighted by molar-refractivity contribution is -0.139. The number of aryl methyl sites for hydroxylation is 2. The molecule has 0 saturated heterocycles. The largest absolute Gasteiger partial charge is 0.490 e. The summed E-state index contributed by atoms with van der Waals surface area (Å²) in [5.74, 6) is -0.481. The van der Waals surface area contributed by atoms with E-state index in [-0.39, 0.29) is 10.8 Å². The molecule has 0 amide bonds. The van der Waals surface area contributed by atoms with Crippen LogP contribution in [0.5, 0.6) is 11.5 Å². The van der Waals surface area contributed by atoms with Crippen molar-refractivity contribution in [2.24, 2.45) is 4.99 Å². The summed E-state index contributed by atoms with van der Waals surface area (Å²) < 4.78 is 10.7. The number of carbonyl (C=O) groups is 1. The molecule has 5 nitrogen and oxygen atoms in total. The van der Waals surface area contributed by atoms with Gasteiger partial charge in [-0.1, -0.05) is 17.7 Å². The lowest BCUT2D eigenvalue weighted by Gasteiger charge is -2.13. The van der Waals surface area contributed by atoms with Crippen LogP contribution in [0.1, 0.15) is 23.6 Å². The minimum atomic E-state index is -1.08. The van der Waals surface area contributed by atoms with Gasteiger partial charge < -0.3 is 14.6 Å². The Labute approximate surface area is 151 Å². The summed E-state index contributed by atoms with van der Waals surface area (Å²) in [7, 11) is 0. The summed E-state index contributed by atoms with van der Waals surface area (Å²) in [5, 5.41) is 9.04. The van der Waals surface area contributed by atoms with Crippen molar-refractivity contribution in [3.63, 3.8) is 0 Å². The topological polar surface area (TPSA) is 68.1 Å². The first-order valence-corrected chi connectivity index (χ1v) is 8.20. The van der Waals surface area contributed by atoms with Crippen molar-refractivity contribution in [1.82, 2.24) is 0 Å². The number of hydrogen-bond donors (Lipinski definition) is 1. The van der Waals surface area contributed by atoms with Crippen LogP contribution in [0.4, 0.5) is 5.69 Å². The third kappa shape index (κ3) is 5.22. The summed E-state index contributed by atoms with van der Waals surface area (Å²) in [6.45, 7) is 5.82. The lowest BCUT2D eigenvalue weighted by Crippen LogP contribution is -2.11. The van der Waals surface area contributed by atoms with E-state index in [1.807, 2.05) is 39.0 Å². The Hall–Kier alpha value is -2.53. The molecule has 0 aliphatic rings. The van der Waals surface area contributed by atoms with Crippen molar-refractivity contribution in [3.05, 3.63) is 52.0 Å². The fourth-order valence-electron chi connectivity index (χ4n) is 2.15. The van der Waals surface area contributed by atoms with Gasteiger partial charge >= 0.3 is 5.97 Å². The van der Waals surface area contributed by atoms with E-state index in [9.17, 15) is 4.79 Å². The van der Waals surface area contributed by atoms with E-state index >= 15 is 0 Å². The summed E-state index contributed by atoms with van der Waals surface area (Å²) >= 11 is 6.22. The molecule has 0 aliphatic carbocycles. The molecule has 0 saturated carbocycles. The van der Waals surface area contributed by atoms with Crippen LogP contribution in [-0.2, 0) is 4.79 Å². The van der Waals surface area contributed by atoms with Crippen LogP contribution < -0.4 is 9.47 Å². The van der Waals surface area contributed by atoms with Gasteiger partial charge in [-0.15, -0.1) is 0 Å². The number of benzene rings is 2. The van der Waals surface area contributed by atoms with Gasteiger partial charge in [-0.3, -0.25) is 4.99 Å². The predicted octanol–water partition coefficient (Wildman–Crippen LogP) is 4.57. The van der Waals surface area contributed by atoms with E-state index in [2.05, 4.69) is 4.99 Å². The minimum absolute atomic E-state index is 0.217. The third-order valence-electron chi connectivity index (χ3n) is 3.52. The first-order chi connectivity index (χ1) is 11.9. The number of aliphatic carboxylic acids is 1. The van der Waals surface area contributed by atoms with Crippen LogP contribution in [0, 0.1) is 13.8 Å². The van der Waals surface area contributed by atoms with E-state index in [4.69, 9.17) is 26.2 Å². The van der Waals surface area contributed by atoms with Crippen LogP contribution >= 0.6 is 11.6 Å². The predicted molar refractivity (Wildman–Crippen MR) is 98.9 cm³/mol. The second-order valence-electron chi connectivity index (χ2n) is 5.47. The third-order valence-corrected chi connectivity index (χ3v) is 3.81. The fourth-order valence-corrected chi connectivity index (χ4v) is 2.43. The Balaban J connectivity index is 2.30. The van der Waals surface area contributed by atoms with Crippen LogP contribution in [0.2, 0.25) is 5.02 Å². The van der Waals surface area contributed by atoms with E-state index in [0.717, 1.165) is 11.3 Å². The Bertz CT molecular complexity index is 802. The second kappa shape index (κ2) is 8.53. The number of ether oxygens (including phenoxy) is 2. The monoisotopic (exact) mass is 361 g/mol. The average molecular weight is 362 g/mol. The molecule has 0 aliphatic heterocycles. The Morgan fingerprint density at radius 2 is 1.96 bits per heavy atom. The first kappa shape index (κ1) is 18.8. The number of nitrogens with zero attached hydrogens (tertiary/aromatic N) is 1. The zero-order valence-electron chi connectivity index (χ0n) is 14.4. The van der Waals surface area contributed by atoms with Crippen molar-refractivity contribution in [2.45, 2.75) is 20.8 Å². The van der Waals surface area contributed by atoms with Gasteiger partial charge in [0, 0.05) is 6.21 Å². The summed E-state index contributed by atoms with van der Waals surface area (Å²) in [5.41, 5.74) is 3.94. The Kier molecular flexibility index (Phi) is 6.42. The standard InChI is InChI=1S/C19H20ClNO4/c1-4-24-17-9-14(8-16(20)19(17)25-11-18(22)23)10-21-15-6-5-12(2)13(3)7-15/h5-10H,4,11H2,1-3H3,(H,22,23). The smallest absolute Gasteiger partial charge is 0.341 e. The SMILES string of the molecule is CCOc1cc(C=Nc2ccc(C)c(C)c2)cc(Cl)c1OCC(=O)O. The summed E-state index contributed by atoms with van der Waals surface area (Å²) in [6, 6.07) is 9.34. The summed E-state index contributed by atoms with van der Waals surface area (Å²) in [4.78, 5) is 15.2. The maximum Gasteiger partial charge on any atom is 0.341 e. The van der Waals surface area contributed by atoms with Gasteiger partial charge in [-0.25, -0.2) is 4.79 Å². The maximum absolute atomic E-state index is 10.7. The molecule has 0 atom stereocenters. The van der Waals surface area contributed by atoms with Crippen molar-refractivity contribution in [3.8, 4) is 11.5 Å². The molecule has 25 heavy (non-hydrogen) atoms. The van der Waals surface area contributed by atoms with Gasteiger partial charge in [-0.05, 0) is 61.7 Å². The Morgan fingerprint density at radius 3 is 2.60 bits per heavy atom. The second-order valence-corrected chi connectivity index (χ2v) is 5.88. The quantitative estimate of drug-likeness (QED) is 0.733. The van der Waals surface area contributed by atoms with E-state index in [0.29, 0.717) is 12.4 Å². The number of halogens is 1. The number of carboxylic acid groups (broad SMARTS) is 1. The molecule has 0 aromatic heterocycles. The normalized spacial score (nSPS) is 10.9. The maximum atomic E-state index is 10.7. The number of hydrogen-bond acceptors (Lipinski definition) is 4. The molecule has 2 aromatic rings. The highest BCUT2D eigenvalue weighted by atomic mass is 35.5. The van der Waals surface area contributed by atoms with Crippen molar-refractivity contribution in [2.75, 3.05) is 13.2 Å². The number of aliphatic imine (C=N–C) groups is 1. The van der Waals surface area contributed by atoms with Crippen LogP contribution in [0.3, 0.4) is 0 Å². The molecule has 1 N–H and O–H groups in total. The number of rotatable bonds is 7. The molecule has 0 fully saturated rings. The Morgan fingerprint density at radius 1 is 1.20 bits per heavy atom. The van der Waals surface area contributed by atoms with Gasteiger partial charge in [-0.2, -0.15) is 0 Å². The molecular formula is C19H20ClNO4. The fraction of sp³-hybridized carbons (Fsp3) is 0.263. The van der Waals surface area contributed by atoms with Gasteiger partial charge in [0.2, 0.25) is 0 Å². The van der Waals surface area contributed by atoms with Gasteiger partial charge in [0.15, 0.2) is 18.1 Å². The van der Waals surface area contributed by atoms with Crippen molar-refractivity contribution in [1.29, 1.82) is 0 Å². The zero-order chi connectivity index (χ0) is 18.4. The van der Waals surface area contributed by atoms with Crippen LogP contribution in [0.15, 0.2) is 35.3 Å². The minimum Gasteiger partial charge on any atom is -0.490 e. The summed E-state index contributed by atoms with van der Waals surface area (Å²) in [6.07, 6.45) is 1.68. The molecule has 0 heterocycles. The molecule has 0 unspecified atom stereocenters. The first-order valence-electron chi connectivity index (χ1n) is 7.83. The van der Waals surface area contributed by atoms with Gasteiger partial charge in [0.1, 0.15) is 0 Å². The molecule has 0 bridgehead atoms. The molecule has 6 heteroatoms. The van der Waals surface area contributed by atoms with E-state index in [1.165, 1.54) is 11.1 Å². The lowest BCUT2D eigenvalue weighted by atomic mass is 10.1. The van der Waals surface area contributed by atoms with Crippen molar-refractivity contribution < 1.29 is 19.4 Å². The molecular weight excluding hydrogens is 342 g/mol. The van der Waals surface area contributed by atoms with Gasteiger partial charge in [0.25, 0.3) is 0 Å². The van der Waals surface area contributed by atoms with E-state index < -0.39 is 12.6 Å². The molecule has 0 spiro atoms. The number of carboxylic acids is 1. The molecule has 132 valence electrons. The van der Waals surface area contributed by atoms with Crippen molar-refractivity contribution >= 4 is 29.5 Å². The average Bonchev–Trinajstić information content (AvgIpc) is 2.55. The zero-order valence-corrected chi connectivity index (χ0v) is 15.1. The van der Waals surface area contributed by atoms with Gasteiger partial charge in [0.05, 0.1) is 17.3 Å². The van der Waals surface area contributed by atoms with Crippen LogP contribution in [0.25, 0.3) is 0 Å². The molecule has 2 rings (SSSR count). The van der Waals surface area contributed by atoms with Crippen LogP contribution in [-0.4, -0.2) is 30.5 Å². The molecule has 0 radical (unpaired) electrons. The van der Waals surface area contributed by atoms with E-state index in [1.54, 1.807) is 18.3 Å². The highest BCUT2D eigenvalue weighted by Gasteiger charge is 2.13. The highest BCUT2D eigenvalue weighted by Crippen LogP contribution is 2.36. The molecule has 2 aromatic carbocycles.